The summed E-state index contributed by atoms with van der Waals surface area (Å²) in [7, 11) is 0. The molecule has 0 amide bonds. The highest BCUT2D eigenvalue weighted by atomic mass is 35.5. The minimum absolute atomic E-state index is 0. The quantitative estimate of drug-likeness (QED) is 0.866. The highest BCUT2D eigenvalue weighted by Crippen LogP contribution is 2.20. The summed E-state index contributed by atoms with van der Waals surface area (Å²) in [6.45, 7) is 3.71. The molecule has 4 nitrogen and oxygen atoms in total. The third-order valence-corrected chi connectivity index (χ3v) is 2.78. The number of halogens is 1. The molecule has 0 saturated heterocycles. The minimum atomic E-state index is -0.907. The Balaban J connectivity index is 0.00000162. The molecular formula is C13H17ClN2O2. The normalized spacial score (nSPS) is 13.9. The average Bonchev–Trinajstić information content (AvgIpc) is 2.71. The molecule has 0 fully saturated rings. The molecule has 0 radical (unpaired) electrons. The number of oxazole rings is 1. The maximum atomic E-state index is 12.1. The number of nitrogens with zero attached hydrogens (tertiary/aromatic N) is 1. The van der Waals surface area contributed by atoms with E-state index in [2.05, 4.69) is 4.98 Å². The Morgan fingerprint density at radius 1 is 1.44 bits per heavy atom. The first-order chi connectivity index (χ1) is 8.04. The highest BCUT2D eigenvalue weighted by molar-refractivity contribution is 6.00. The number of hydrogen-bond donors (Lipinski definition) is 1. The monoisotopic (exact) mass is 268 g/mol. The van der Waals surface area contributed by atoms with Gasteiger partial charge in [0.1, 0.15) is 5.52 Å². The van der Waals surface area contributed by atoms with Gasteiger partial charge < -0.3 is 10.2 Å². The zero-order valence-electron chi connectivity index (χ0n) is 10.5. The zero-order chi connectivity index (χ0) is 12.5. The number of hydrogen-bond acceptors (Lipinski definition) is 4. The summed E-state index contributed by atoms with van der Waals surface area (Å²) < 4.78 is 5.42. The van der Waals surface area contributed by atoms with E-state index in [9.17, 15) is 4.79 Å². The van der Waals surface area contributed by atoms with Crippen molar-refractivity contribution in [1.29, 1.82) is 0 Å². The Morgan fingerprint density at radius 3 is 2.72 bits per heavy atom. The molecule has 1 atom stereocenters. The van der Waals surface area contributed by atoms with Crippen LogP contribution < -0.4 is 5.73 Å². The van der Waals surface area contributed by atoms with Gasteiger partial charge in [-0.2, -0.15) is 0 Å². The van der Waals surface area contributed by atoms with Gasteiger partial charge in [0.15, 0.2) is 5.58 Å². The summed E-state index contributed by atoms with van der Waals surface area (Å²) in [6, 6.07) is 7.29. The lowest BCUT2D eigenvalue weighted by Crippen LogP contribution is -2.44. The van der Waals surface area contributed by atoms with Crippen molar-refractivity contribution in [2.45, 2.75) is 32.2 Å². The Labute approximate surface area is 112 Å². The van der Waals surface area contributed by atoms with Crippen molar-refractivity contribution in [2.24, 2.45) is 5.73 Å². The van der Waals surface area contributed by atoms with Crippen molar-refractivity contribution in [3.63, 3.8) is 0 Å². The van der Waals surface area contributed by atoms with Gasteiger partial charge >= 0.3 is 0 Å². The molecule has 5 heteroatoms. The predicted octanol–water partition coefficient (Wildman–Crippen LogP) is 2.95. The number of nitrogens with two attached hydrogens (primary N) is 1. The van der Waals surface area contributed by atoms with Crippen LogP contribution in [-0.4, -0.2) is 16.3 Å². The molecule has 0 aliphatic heterocycles. The van der Waals surface area contributed by atoms with Gasteiger partial charge in [-0.3, -0.25) is 4.79 Å². The van der Waals surface area contributed by atoms with Crippen LogP contribution in [0.4, 0.5) is 0 Å². The van der Waals surface area contributed by atoms with Crippen LogP contribution in [0.25, 0.3) is 11.1 Å². The largest absolute Gasteiger partial charge is 0.434 e. The summed E-state index contributed by atoms with van der Waals surface area (Å²) in [5.74, 6) is -0.139. The van der Waals surface area contributed by atoms with Gasteiger partial charge in [0.2, 0.25) is 5.78 Å². The number of carbonyl (C=O) groups is 1. The van der Waals surface area contributed by atoms with Crippen molar-refractivity contribution in [3.05, 3.63) is 30.2 Å². The number of fused-ring (bicyclic) bond motifs is 1. The van der Waals surface area contributed by atoms with E-state index in [-0.39, 0.29) is 24.1 Å². The molecule has 2 aromatic rings. The van der Waals surface area contributed by atoms with Gasteiger partial charge in [-0.05, 0) is 25.5 Å². The van der Waals surface area contributed by atoms with E-state index in [1.54, 1.807) is 13.0 Å². The number of carbonyl (C=O) groups excluding carboxylic acids is 1. The molecule has 1 unspecified atom stereocenters. The van der Waals surface area contributed by atoms with Crippen molar-refractivity contribution in [1.82, 2.24) is 4.98 Å². The van der Waals surface area contributed by atoms with E-state index in [1.807, 2.05) is 25.1 Å². The SMILES string of the molecule is CCCC(C)(N)C(=O)c1nc2ccccc2o1.Cl. The minimum Gasteiger partial charge on any atom is -0.434 e. The lowest BCUT2D eigenvalue weighted by Gasteiger charge is -2.19. The number of ketones is 1. The number of aromatic nitrogens is 1. The summed E-state index contributed by atoms with van der Waals surface area (Å²) in [4.78, 5) is 16.3. The standard InChI is InChI=1S/C13H16N2O2.ClH/c1-3-8-13(2,14)11(16)12-15-9-6-4-5-7-10(9)17-12;/h4-7H,3,8,14H2,1-2H3;1H. The summed E-state index contributed by atoms with van der Waals surface area (Å²) in [6.07, 6.45) is 1.46. The highest BCUT2D eigenvalue weighted by Gasteiger charge is 2.32. The molecule has 98 valence electrons. The molecule has 0 aliphatic rings. The predicted molar refractivity (Wildman–Crippen MR) is 73.1 cm³/mol. The van der Waals surface area contributed by atoms with Crippen molar-refractivity contribution < 1.29 is 9.21 Å². The van der Waals surface area contributed by atoms with E-state index in [4.69, 9.17) is 10.2 Å². The second-order valence-corrected chi connectivity index (χ2v) is 4.48. The summed E-state index contributed by atoms with van der Waals surface area (Å²) in [5.41, 5.74) is 6.37. The molecule has 1 aromatic carbocycles. The molecule has 0 saturated carbocycles. The van der Waals surface area contributed by atoms with Crippen LogP contribution in [0.3, 0.4) is 0 Å². The van der Waals surface area contributed by atoms with Crippen LogP contribution in [0.1, 0.15) is 37.4 Å². The van der Waals surface area contributed by atoms with Crippen LogP contribution in [0, 0.1) is 0 Å². The van der Waals surface area contributed by atoms with Gasteiger partial charge in [0.25, 0.3) is 5.89 Å². The summed E-state index contributed by atoms with van der Waals surface area (Å²) >= 11 is 0. The maximum Gasteiger partial charge on any atom is 0.266 e. The average molecular weight is 269 g/mol. The maximum absolute atomic E-state index is 12.1. The lowest BCUT2D eigenvalue weighted by molar-refractivity contribution is 0.0859. The van der Waals surface area contributed by atoms with Crippen LogP contribution in [0.5, 0.6) is 0 Å². The van der Waals surface area contributed by atoms with Crippen molar-refractivity contribution in [3.8, 4) is 0 Å². The lowest BCUT2D eigenvalue weighted by atomic mass is 9.92. The van der Waals surface area contributed by atoms with Crippen molar-refractivity contribution in [2.75, 3.05) is 0 Å². The number of benzene rings is 1. The molecule has 2 rings (SSSR count). The Bertz CT molecular complexity index is 516. The number of para-hydroxylation sites is 2. The van der Waals surface area contributed by atoms with Gasteiger partial charge in [-0.25, -0.2) is 4.98 Å². The topological polar surface area (TPSA) is 69.1 Å². The number of rotatable bonds is 4. The van der Waals surface area contributed by atoms with Crippen LogP contribution in [0.15, 0.2) is 28.7 Å². The van der Waals surface area contributed by atoms with Gasteiger partial charge in [-0.15, -0.1) is 12.4 Å². The van der Waals surface area contributed by atoms with Gasteiger partial charge in [0.05, 0.1) is 5.54 Å². The fourth-order valence-electron chi connectivity index (χ4n) is 1.85. The molecular weight excluding hydrogens is 252 g/mol. The molecule has 0 aliphatic carbocycles. The van der Waals surface area contributed by atoms with Crippen LogP contribution >= 0.6 is 12.4 Å². The molecule has 0 spiro atoms. The second kappa shape index (κ2) is 5.50. The first-order valence-corrected chi connectivity index (χ1v) is 5.74. The molecule has 1 aromatic heterocycles. The third kappa shape index (κ3) is 2.71. The Kier molecular flexibility index (Phi) is 4.48. The molecule has 1 heterocycles. The van der Waals surface area contributed by atoms with Crippen LogP contribution in [0.2, 0.25) is 0 Å². The second-order valence-electron chi connectivity index (χ2n) is 4.48. The zero-order valence-corrected chi connectivity index (χ0v) is 11.3. The van der Waals surface area contributed by atoms with E-state index in [0.29, 0.717) is 17.5 Å². The smallest absolute Gasteiger partial charge is 0.266 e. The Morgan fingerprint density at radius 2 is 2.11 bits per heavy atom. The van der Waals surface area contributed by atoms with E-state index < -0.39 is 5.54 Å². The van der Waals surface area contributed by atoms with E-state index in [1.165, 1.54) is 0 Å². The molecule has 0 bridgehead atoms. The summed E-state index contributed by atoms with van der Waals surface area (Å²) in [5, 5.41) is 0. The third-order valence-electron chi connectivity index (χ3n) is 2.78. The Hall–Kier alpha value is -1.39. The molecule has 2 N–H and O–H groups in total. The fourth-order valence-corrected chi connectivity index (χ4v) is 1.85. The van der Waals surface area contributed by atoms with Crippen LogP contribution in [-0.2, 0) is 0 Å². The van der Waals surface area contributed by atoms with E-state index >= 15 is 0 Å². The van der Waals surface area contributed by atoms with Crippen molar-refractivity contribution >= 4 is 29.3 Å². The first-order valence-electron chi connectivity index (χ1n) is 5.74. The first kappa shape index (κ1) is 14.7. The van der Waals surface area contributed by atoms with Gasteiger partial charge in [-0.1, -0.05) is 25.5 Å². The van der Waals surface area contributed by atoms with Gasteiger partial charge in [0, 0.05) is 0 Å². The number of Topliss-reactive ketones (excluding diaryl/α,β-unsaturated/α-hetero) is 1. The fraction of sp³-hybridized carbons (Fsp3) is 0.385. The molecule has 18 heavy (non-hydrogen) atoms. The van der Waals surface area contributed by atoms with E-state index in [0.717, 1.165) is 6.42 Å².